The van der Waals surface area contributed by atoms with E-state index in [4.69, 9.17) is 21.3 Å². The van der Waals surface area contributed by atoms with Crippen LogP contribution in [0.2, 0.25) is 5.02 Å². The molecule has 1 fully saturated rings. The van der Waals surface area contributed by atoms with Crippen LogP contribution in [0.3, 0.4) is 0 Å². The predicted octanol–water partition coefficient (Wildman–Crippen LogP) is 2.82. The molecule has 0 bridgehead atoms. The smallest absolute Gasteiger partial charge is 0.260 e. The zero-order valence-corrected chi connectivity index (χ0v) is 17.4. The van der Waals surface area contributed by atoms with Gasteiger partial charge in [-0.25, -0.2) is 4.98 Å². The number of ether oxygens (including phenoxy) is 1. The average Bonchev–Trinajstić information content (AvgIpc) is 3.15. The molecular weight excluding hydrogens is 394 g/mol. The molecule has 146 valence electrons. The van der Waals surface area contributed by atoms with Crippen molar-refractivity contribution in [3.05, 3.63) is 58.6 Å². The van der Waals surface area contributed by atoms with Gasteiger partial charge in [0.1, 0.15) is 13.1 Å². The van der Waals surface area contributed by atoms with Gasteiger partial charge in [0.25, 0.3) is 5.91 Å². The number of nitrogens with zero attached hydrogens (tertiary/aromatic N) is 2. The number of quaternary nitrogens is 1. The number of aryl methyl sites for hydroxylation is 1. The van der Waals surface area contributed by atoms with E-state index in [0.29, 0.717) is 17.1 Å². The van der Waals surface area contributed by atoms with E-state index in [2.05, 4.69) is 19.1 Å². The molecule has 0 saturated carbocycles. The van der Waals surface area contributed by atoms with Crippen LogP contribution in [-0.2, 0) is 4.74 Å². The second-order valence-electron chi connectivity index (χ2n) is 6.99. The van der Waals surface area contributed by atoms with Gasteiger partial charge in [0, 0.05) is 10.6 Å². The van der Waals surface area contributed by atoms with Crippen molar-refractivity contribution in [2.75, 3.05) is 44.3 Å². The molecule has 1 amide bonds. The van der Waals surface area contributed by atoms with Gasteiger partial charge in [0.2, 0.25) is 0 Å². The van der Waals surface area contributed by atoms with Crippen LogP contribution in [0.5, 0.6) is 0 Å². The van der Waals surface area contributed by atoms with Crippen LogP contribution in [0.4, 0.5) is 5.13 Å². The minimum absolute atomic E-state index is 0.0407. The van der Waals surface area contributed by atoms with Gasteiger partial charge in [-0.1, -0.05) is 35.1 Å². The lowest BCUT2D eigenvalue weighted by molar-refractivity contribution is -0.906. The summed E-state index contributed by atoms with van der Waals surface area (Å²) in [7, 11) is 0. The van der Waals surface area contributed by atoms with E-state index in [0.717, 1.165) is 53.8 Å². The lowest BCUT2D eigenvalue weighted by Crippen LogP contribution is -3.14. The lowest BCUT2D eigenvalue weighted by atomic mass is 10.2. The average molecular weight is 417 g/mol. The Balaban J connectivity index is 1.64. The van der Waals surface area contributed by atoms with E-state index in [9.17, 15) is 4.79 Å². The Morgan fingerprint density at radius 3 is 2.68 bits per heavy atom. The lowest BCUT2D eigenvalue weighted by Gasteiger charge is -2.27. The molecule has 1 aromatic heterocycles. The van der Waals surface area contributed by atoms with Crippen LogP contribution in [0.1, 0.15) is 15.9 Å². The normalized spacial score (nSPS) is 15.1. The molecule has 4 rings (SSSR count). The van der Waals surface area contributed by atoms with Gasteiger partial charge >= 0.3 is 0 Å². The molecule has 1 aliphatic heterocycles. The number of amides is 1. The van der Waals surface area contributed by atoms with Crippen LogP contribution in [0.25, 0.3) is 10.2 Å². The molecule has 7 heteroatoms. The number of thiazole rings is 1. The van der Waals surface area contributed by atoms with Gasteiger partial charge in [-0.05, 0) is 42.8 Å². The molecular formula is C21H23ClN3O2S+. The van der Waals surface area contributed by atoms with Crippen LogP contribution >= 0.6 is 22.9 Å². The highest BCUT2D eigenvalue weighted by Crippen LogP contribution is 2.31. The van der Waals surface area contributed by atoms with Crippen molar-refractivity contribution < 1.29 is 14.4 Å². The Bertz CT molecular complexity index is 967. The highest BCUT2D eigenvalue weighted by molar-refractivity contribution is 7.22. The van der Waals surface area contributed by atoms with Crippen molar-refractivity contribution in [2.45, 2.75) is 6.92 Å². The maximum atomic E-state index is 13.3. The van der Waals surface area contributed by atoms with E-state index in [-0.39, 0.29) is 5.91 Å². The van der Waals surface area contributed by atoms with Crippen molar-refractivity contribution in [2.24, 2.45) is 0 Å². The molecule has 5 nitrogen and oxygen atoms in total. The standard InChI is InChI=1S/C21H22ClN3O2S/c1-15-3-2-4-18-19(15)23-21(28-18)25(10-9-24-11-13-27-14-12-24)20(26)16-5-7-17(22)8-6-16/h2-8H,9-14H2,1H3/p+1. The highest BCUT2D eigenvalue weighted by Gasteiger charge is 2.24. The number of anilines is 1. The van der Waals surface area contributed by atoms with Gasteiger partial charge < -0.3 is 9.64 Å². The molecule has 2 heterocycles. The number of morpholine rings is 1. The minimum Gasteiger partial charge on any atom is -0.370 e. The molecule has 1 aliphatic rings. The highest BCUT2D eigenvalue weighted by atomic mass is 35.5. The van der Waals surface area contributed by atoms with E-state index >= 15 is 0 Å². The molecule has 28 heavy (non-hydrogen) atoms. The van der Waals surface area contributed by atoms with Gasteiger partial charge in [-0.2, -0.15) is 0 Å². The predicted molar refractivity (Wildman–Crippen MR) is 114 cm³/mol. The van der Waals surface area contributed by atoms with Gasteiger partial charge in [-0.15, -0.1) is 0 Å². The van der Waals surface area contributed by atoms with Crippen LogP contribution in [0.15, 0.2) is 42.5 Å². The van der Waals surface area contributed by atoms with Crippen LogP contribution < -0.4 is 9.80 Å². The fourth-order valence-corrected chi connectivity index (χ4v) is 4.60. The fourth-order valence-electron chi connectivity index (χ4n) is 3.40. The van der Waals surface area contributed by atoms with Crippen LogP contribution in [0, 0.1) is 6.92 Å². The number of hydrogen-bond donors (Lipinski definition) is 1. The summed E-state index contributed by atoms with van der Waals surface area (Å²) in [5, 5.41) is 1.37. The molecule has 3 aromatic rings. The number of carbonyl (C=O) groups excluding carboxylic acids is 1. The van der Waals surface area contributed by atoms with Gasteiger partial charge in [0.15, 0.2) is 5.13 Å². The summed E-state index contributed by atoms with van der Waals surface area (Å²) in [6.45, 7) is 7.05. The summed E-state index contributed by atoms with van der Waals surface area (Å²) in [6.07, 6.45) is 0. The summed E-state index contributed by atoms with van der Waals surface area (Å²) in [5.41, 5.74) is 2.71. The number of fused-ring (bicyclic) bond motifs is 1. The molecule has 0 atom stereocenters. The monoisotopic (exact) mass is 416 g/mol. The number of benzene rings is 2. The number of hydrogen-bond acceptors (Lipinski definition) is 4. The van der Waals surface area contributed by atoms with E-state index in [1.807, 2.05) is 11.0 Å². The number of rotatable bonds is 5. The Kier molecular flexibility index (Phi) is 5.92. The molecule has 0 unspecified atom stereocenters. The first-order valence-corrected chi connectivity index (χ1v) is 10.7. The zero-order valence-electron chi connectivity index (χ0n) is 15.8. The number of carbonyl (C=O) groups is 1. The number of aromatic nitrogens is 1. The maximum Gasteiger partial charge on any atom is 0.260 e. The van der Waals surface area contributed by atoms with Crippen molar-refractivity contribution in [1.29, 1.82) is 0 Å². The Hall–Kier alpha value is -1.99. The minimum atomic E-state index is -0.0407. The molecule has 1 saturated heterocycles. The first-order valence-electron chi connectivity index (χ1n) is 9.47. The zero-order chi connectivity index (χ0) is 19.5. The molecule has 2 aromatic carbocycles. The van der Waals surface area contributed by atoms with E-state index in [1.165, 1.54) is 4.90 Å². The maximum absolute atomic E-state index is 13.3. The van der Waals surface area contributed by atoms with E-state index < -0.39 is 0 Å². The second-order valence-corrected chi connectivity index (χ2v) is 8.44. The molecule has 0 spiro atoms. The van der Waals surface area contributed by atoms with Crippen molar-refractivity contribution in [3.63, 3.8) is 0 Å². The quantitative estimate of drug-likeness (QED) is 0.695. The summed E-state index contributed by atoms with van der Waals surface area (Å²) >= 11 is 7.56. The molecule has 0 radical (unpaired) electrons. The molecule has 0 aliphatic carbocycles. The summed E-state index contributed by atoms with van der Waals surface area (Å²) in [5.74, 6) is -0.0407. The van der Waals surface area contributed by atoms with E-state index in [1.54, 1.807) is 35.6 Å². The third-order valence-corrected chi connectivity index (χ3v) is 6.36. The Morgan fingerprint density at radius 2 is 1.96 bits per heavy atom. The summed E-state index contributed by atoms with van der Waals surface area (Å²) < 4.78 is 6.55. The Morgan fingerprint density at radius 1 is 1.21 bits per heavy atom. The first-order chi connectivity index (χ1) is 13.6. The fraction of sp³-hybridized carbons (Fsp3) is 0.333. The van der Waals surface area contributed by atoms with Crippen molar-refractivity contribution >= 4 is 44.2 Å². The topological polar surface area (TPSA) is 46.9 Å². The summed E-state index contributed by atoms with van der Waals surface area (Å²) in [6, 6.07) is 13.2. The summed E-state index contributed by atoms with van der Waals surface area (Å²) in [4.78, 5) is 21.4. The second kappa shape index (κ2) is 8.57. The van der Waals surface area contributed by atoms with Crippen molar-refractivity contribution in [1.82, 2.24) is 4.98 Å². The molecule has 1 N–H and O–H groups in total. The van der Waals surface area contributed by atoms with Crippen molar-refractivity contribution in [3.8, 4) is 0 Å². The number of para-hydroxylation sites is 1. The first kappa shape index (κ1) is 19.3. The SMILES string of the molecule is Cc1cccc2sc(N(CC[NH+]3CCOCC3)C(=O)c3ccc(Cl)cc3)nc12. The largest absolute Gasteiger partial charge is 0.370 e. The van der Waals surface area contributed by atoms with Gasteiger partial charge in [-0.3, -0.25) is 9.69 Å². The third-order valence-electron chi connectivity index (χ3n) is 5.07. The Labute approximate surface area is 173 Å². The number of nitrogens with one attached hydrogen (secondary N) is 1. The van der Waals surface area contributed by atoms with Gasteiger partial charge in [0.05, 0.1) is 36.5 Å². The third kappa shape index (κ3) is 4.20. The van der Waals surface area contributed by atoms with Crippen LogP contribution in [-0.4, -0.2) is 50.3 Å². The number of halogens is 1.